The fourth-order valence-corrected chi connectivity index (χ4v) is 3.65. The molecule has 2 aromatic rings. The number of piperidine rings is 1. The first-order valence-electron chi connectivity index (χ1n) is 9.41. The molecule has 26 heavy (non-hydrogen) atoms. The molecule has 0 saturated carbocycles. The van der Waals surface area contributed by atoms with Crippen LogP contribution in [-0.2, 0) is 11.2 Å². The standard InChI is InChI=1S/C22H28N2O.H2O/c1-2-22(25)24(20-11-7-4-8-12-20)21-14-17-23(18-15-21)16-13-19-9-5-3-6-10-19;/h3-12,21H,2,13-18H2,1H3;1H2. The van der Waals surface area contributed by atoms with Crippen LogP contribution < -0.4 is 4.90 Å². The molecule has 1 aliphatic rings. The van der Waals surface area contributed by atoms with Gasteiger partial charge in [0, 0.05) is 37.8 Å². The molecule has 1 fully saturated rings. The lowest BCUT2D eigenvalue weighted by Gasteiger charge is -2.38. The highest BCUT2D eigenvalue weighted by Gasteiger charge is 2.28. The topological polar surface area (TPSA) is 55.1 Å². The summed E-state index contributed by atoms with van der Waals surface area (Å²) in [6, 6.07) is 21.1. The Morgan fingerprint density at radius 2 is 1.58 bits per heavy atom. The summed E-state index contributed by atoms with van der Waals surface area (Å²) in [6.45, 7) is 5.19. The van der Waals surface area contributed by atoms with Crippen molar-refractivity contribution in [2.75, 3.05) is 24.5 Å². The maximum atomic E-state index is 12.5. The number of carbonyl (C=O) groups excluding carboxylic acids is 1. The second-order valence-electron chi connectivity index (χ2n) is 6.76. The van der Waals surface area contributed by atoms with Crippen LogP contribution in [-0.4, -0.2) is 42.0 Å². The maximum Gasteiger partial charge on any atom is 0.226 e. The molecule has 2 N–H and O–H groups in total. The Labute approximate surface area is 156 Å². The van der Waals surface area contributed by atoms with Crippen molar-refractivity contribution >= 4 is 11.6 Å². The third-order valence-corrected chi connectivity index (χ3v) is 5.09. The fourth-order valence-electron chi connectivity index (χ4n) is 3.65. The molecule has 0 spiro atoms. The number of anilines is 1. The Morgan fingerprint density at radius 1 is 1.00 bits per heavy atom. The number of nitrogens with zero attached hydrogens (tertiary/aromatic N) is 2. The van der Waals surface area contributed by atoms with Gasteiger partial charge in [-0.05, 0) is 37.0 Å². The van der Waals surface area contributed by atoms with Crippen LogP contribution in [0.3, 0.4) is 0 Å². The Kier molecular flexibility index (Phi) is 7.82. The highest BCUT2D eigenvalue weighted by atomic mass is 16.2. The van der Waals surface area contributed by atoms with Gasteiger partial charge in [-0.25, -0.2) is 0 Å². The smallest absolute Gasteiger partial charge is 0.226 e. The van der Waals surface area contributed by atoms with Crippen molar-refractivity contribution in [3.8, 4) is 0 Å². The van der Waals surface area contributed by atoms with Crippen molar-refractivity contribution in [3.05, 3.63) is 66.2 Å². The molecule has 4 heteroatoms. The van der Waals surface area contributed by atoms with Crippen molar-refractivity contribution in [3.63, 3.8) is 0 Å². The summed E-state index contributed by atoms with van der Waals surface area (Å²) in [5.41, 5.74) is 2.44. The van der Waals surface area contributed by atoms with Gasteiger partial charge in [0.2, 0.25) is 5.91 Å². The summed E-state index contributed by atoms with van der Waals surface area (Å²) >= 11 is 0. The van der Waals surface area contributed by atoms with Crippen LogP contribution >= 0.6 is 0 Å². The van der Waals surface area contributed by atoms with Crippen LogP contribution in [0.4, 0.5) is 5.69 Å². The molecular weight excluding hydrogens is 324 g/mol. The Balaban J connectivity index is 0.00000243. The zero-order valence-corrected chi connectivity index (χ0v) is 15.6. The van der Waals surface area contributed by atoms with E-state index in [4.69, 9.17) is 0 Å². The molecule has 2 aromatic carbocycles. The molecule has 1 heterocycles. The first-order chi connectivity index (χ1) is 12.3. The van der Waals surface area contributed by atoms with Gasteiger partial charge >= 0.3 is 0 Å². The molecule has 0 unspecified atom stereocenters. The molecule has 140 valence electrons. The Morgan fingerprint density at radius 3 is 2.15 bits per heavy atom. The molecule has 1 amide bonds. The van der Waals surface area contributed by atoms with Crippen LogP contribution in [0.25, 0.3) is 0 Å². The summed E-state index contributed by atoms with van der Waals surface area (Å²) in [5, 5.41) is 0. The summed E-state index contributed by atoms with van der Waals surface area (Å²) < 4.78 is 0. The number of amides is 1. The molecule has 1 saturated heterocycles. The predicted octanol–water partition coefficient (Wildman–Crippen LogP) is 3.31. The van der Waals surface area contributed by atoms with Crippen molar-refractivity contribution in [2.45, 2.75) is 38.6 Å². The van der Waals surface area contributed by atoms with Crippen LogP contribution in [0.1, 0.15) is 31.7 Å². The molecular formula is C22H30N2O2. The molecule has 1 aliphatic heterocycles. The van der Waals surface area contributed by atoms with Crippen LogP contribution in [0.15, 0.2) is 60.7 Å². The van der Waals surface area contributed by atoms with Gasteiger partial charge in [0.15, 0.2) is 0 Å². The number of carbonyl (C=O) groups is 1. The van der Waals surface area contributed by atoms with Crippen molar-refractivity contribution in [1.82, 2.24) is 4.90 Å². The van der Waals surface area contributed by atoms with Crippen LogP contribution in [0.2, 0.25) is 0 Å². The van der Waals surface area contributed by atoms with E-state index in [0.717, 1.165) is 44.6 Å². The third kappa shape index (κ3) is 5.16. The predicted molar refractivity (Wildman–Crippen MR) is 107 cm³/mol. The van der Waals surface area contributed by atoms with E-state index in [-0.39, 0.29) is 11.4 Å². The molecule has 0 aromatic heterocycles. The molecule has 0 bridgehead atoms. The maximum absolute atomic E-state index is 12.5. The van der Waals surface area contributed by atoms with E-state index >= 15 is 0 Å². The fraction of sp³-hybridized carbons (Fsp3) is 0.409. The van der Waals surface area contributed by atoms with Gasteiger partial charge in [0.25, 0.3) is 0 Å². The van der Waals surface area contributed by atoms with Crippen molar-refractivity contribution in [2.24, 2.45) is 0 Å². The zero-order valence-electron chi connectivity index (χ0n) is 15.6. The van der Waals surface area contributed by atoms with Crippen molar-refractivity contribution in [1.29, 1.82) is 0 Å². The summed E-state index contributed by atoms with van der Waals surface area (Å²) in [4.78, 5) is 17.1. The average Bonchev–Trinajstić information content (AvgIpc) is 2.69. The average molecular weight is 354 g/mol. The SMILES string of the molecule is CCC(=O)N(c1ccccc1)C1CCN(CCc2ccccc2)CC1.O. The second kappa shape index (κ2) is 10.1. The first-order valence-corrected chi connectivity index (χ1v) is 9.41. The largest absolute Gasteiger partial charge is 0.412 e. The first kappa shape index (κ1) is 20.1. The van der Waals surface area contributed by atoms with E-state index in [2.05, 4.69) is 47.4 Å². The lowest BCUT2D eigenvalue weighted by molar-refractivity contribution is -0.119. The highest BCUT2D eigenvalue weighted by molar-refractivity contribution is 5.93. The number of para-hydroxylation sites is 1. The quantitative estimate of drug-likeness (QED) is 0.799. The number of hydrogen-bond donors (Lipinski definition) is 0. The van der Waals surface area contributed by atoms with Gasteiger partial charge in [0.1, 0.15) is 0 Å². The Bertz CT molecular complexity index is 652. The minimum Gasteiger partial charge on any atom is -0.412 e. The van der Waals surface area contributed by atoms with Gasteiger partial charge in [-0.15, -0.1) is 0 Å². The second-order valence-corrected chi connectivity index (χ2v) is 6.76. The van der Waals surface area contributed by atoms with Crippen molar-refractivity contribution < 1.29 is 10.3 Å². The minimum absolute atomic E-state index is 0. The highest BCUT2D eigenvalue weighted by Crippen LogP contribution is 2.24. The number of hydrogen-bond acceptors (Lipinski definition) is 2. The molecule has 0 aliphatic carbocycles. The minimum atomic E-state index is 0. The third-order valence-electron chi connectivity index (χ3n) is 5.09. The van der Waals surface area contributed by atoms with E-state index in [1.807, 2.05) is 30.0 Å². The van der Waals surface area contributed by atoms with E-state index < -0.39 is 0 Å². The number of rotatable bonds is 6. The molecule has 0 atom stereocenters. The molecule has 0 radical (unpaired) electrons. The van der Waals surface area contributed by atoms with E-state index in [1.54, 1.807) is 0 Å². The number of benzene rings is 2. The molecule has 4 nitrogen and oxygen atoms in total. The van der Waals surface area contributed by atoms with Gasteiger partial charge in [-0.3, -0.25) is 4.79 Å². The van der Waals surface area contributed by atoms with E-state index in [0.29, 0.717) is 12.5 Å². The van der Waals surface area contributed by atoms with Crippen LogP contribution in [0.5, 0.6) is 0 Å². The monoisotopic (exact) mass is 354 g/mol. The Hall–Kier alpha value is -2.17. The van der Waals surface area contributed by atoms with E-state index in [1.165, 1.54) is 5.56 Å². The van der Waals surface area contributed by atoms with Crippen LogP contribution in [0, 0.1) is 0 Å². The van der Waals surface area contributed by atoms with Gasteiger partial charge in [-0.1, -0.05) is 55.5 Å². The lowest BCUT2D eigenvalue weighted by Crippen LogP contribution is -2.47. The number of likely N-dealkylation sites (tertiary alicyclic amines) is 1. The summed E-state index contributed by atoms with van der Waals surface area (Å²) in [6.07, 6.45) is 3.76. The van der Waals surface area contributed by atoms with Gasteiger partial charge in [-0.2, -0.15) is 0 Å². The summed E-state index contributed by atoms with van der Waals surface area (Å²) in [7, 11) is 0. The summed E-state index contributed by atoms with van der Waals surface area (Å²) in [5.74, 6) is 0.230. The van der Waals surface area contributed by atoms with Gasteiger partial charge in [0.05, 0.1) is 0 Å². The van der Waals surface area contributed by atoms with E-state index in [9.17, 15) is 4.79 Å². The lowest BCUT2D eigenvalue weighted by atomic mass is 10.0. The zero-order chi connectivity index (χ0) is 17.5. The normalized spacial score (nSPS) is 15.3. The molecule has 3 rings (SSSR count). The van der Waals surface area contributed by atoms with Gasteiger partial charge < -0.3 is 15.3 Å².